The second-order valence-electron chi connectivity index (χ2n) is 4.03. The number of sulfone groups is 1. The Labute approximate surface area is 101 Å². The Morgan fingerprint density at radius 1 is 1.29 bits per heavy atom. The van der Waals surface area contributed by atoms with Crippen LogP contribution in [0.2, 0.25) is 0 Å². The van der Waals surface area contributed by atoms with Crippen molar-refractivity contribution in [1.29, 1.82) is 0 Å². The van der Waals surface area contributed by atoms with Crippen molar-refractivity contribution in [3.63, 3.8) is 0 Å². The number of aryl methyl sites for hydroxylation is 1. The quantitative estimate of drug-likeness (QED) is 0.842. The van der Waals surface area contributed by atoms with Crippen LogP contribution in [0.4, 0.5) is 5.69 Å². The number of nitrogen functional groups attached to an aromatic ring is 1. The van der Waals surface area contributed by atoms with Gasteiger partial charge in [0.05, 0.1) is 11.3 Å². The van der Waals surface area contributed by atoms with Crippen LogP contribution in [-0.2, 0) is 16.4 Å². The van der Waals surface area contributed by atoms with E-state index in [1.54, 1.807) is 6.92 Å². The first kappa shape index (κ1) is 12.0. The van der Waals surface area contributed by atoms with Gasteiger partial charge in [0.2, 0.25) is 0 Å². The van der Waals surface area contributed by atoms with E-state index in [4.69, 9.17) is 5.73 Å². The highest BCUT2D eigenvalue weighted by molar-refractivity contribution is 7.91. The predicted octanol–water partition coefficient (Wildman–Crippen LogP) is 1.66. The molecule has 0 bridgehead atoms. The highest BCUT2D eigenvalue weighted by Gasteiger charge is 2.09. The van der Waals surface area contributed by atoms with Gasteiger partial charge in [0.15, 0.2) is 9.84 Å². The van der Waals surface area contributed by atoms with E-state index in [0.29, 0.717) is 6.54 Å². The molecular weight excluding hydrogens is 236 g/mol. The number of fused-ring (bicyclic) bond motifs is 1. The fourth-order valence-corrected chi connectivity index (χ4v) is 2.59. The Morgan fingerprint density at radius 2 is 2.06 bits per heavy atom. The van der Waals surface area contributed by atoms with Crippen LogP contribution in [0, 0.1) is 0 Å². The Morgan fingerprint density at radius 3 is 2.76 bits per heavy atom. The Kier molecular flexibility index (Phi) is 3.11. The molecule has 0 aliphatic carbocycles. The van der Waals surface area contributed by atoms with Crippen molar-refractivity contribution < 1.29 is 8.42 Å². The third-order valence-corrected chi connectivity index (χ3v) is 4.61. The van der Waals surface area contributed by atoms with Gasteiger partial charge in [-0.25, -0.2) is 8.42 Å². The first-order valence-electron chi connectivity index (χ1n) is 5.57. The number of rotatable bonds is 4. The molecule has 0 fully saturated rings. The molecule has 1 aromatic carbocycles. The summed E-state index contributed by atoms with van der Waals surface area (Å²) in [4.78, 5) is 0. The standard InChI is InChI=1S/C12H16N2O2S/c1-2-17(15,16)9-8-14-7-6-10-11(13)4-3-5-12(10)14/h3-7H,2,8-9,13H2,1H3. The van der Waals surface area contributed by atoms with Crippen molar-refractivity contribution in [2.45, 2.75) is 13.5 Å². The van der Waals surface area contributed by atoms with Crippen LogP contribution in [-0.4, -0.2) is 24.5 Å². The van der Waals surface area contributed by atoms with Gasteiger partial charge in [-0.1, -0.05) is 13.0 Å². The summed E-state index contributed by atoms with van der Waals surface area (Å²) in [7, 11) is -2.93. The molecule has 1 heterocycles. The molecule has 2 rings (SSSR count). The van der Waals surface area contributed by atoms with Crippen molar-refractivity contribution in [2.24, 2.45) is 0 Å². The van der Waals surface area contributed by atoms with Crippen LogP contribution >= 0.6 is 0 Å². The van der Waals surface area contributed by atoms with E-state index in [9.17, 15) is 8.42 Å². The molecule has 0 atom stereocenters. The van der Waals surface area contributed by atoms with Gasteiger partial charge in [0, 0.05) is 29.6 Å². The van der Waals surface area contributed by atoms with Crippen LogP contribution in [0.1, 0.15) is 6.92 Å². The summed E-state index contributed by atoms with van der Waals surface area (Å²) in [5, 5.41) is 0.974. The second kappa shape index (κ2) is 4.41. The van der Waals surface area contributed by atoms with Crippen LogP contribution in [0.15, 0.2) is 30.5 Å². The van der Waals surface area contributed by atoms with E-state index < -0.39 is 9.84 Å². The number of hydrogen-bond donors (Lipinski definition) is 1. The maximum Gasteiger partial charge on any atom is 0.151 e. The molecule has 5 heteroatoms. The molecule has 17 heavy (non-hydrogen) atoms. The molecule has 0 saturated carbocycles. The molecule has 0 unspecified atom stereocenters. The summed E-state index contributed by atoms with van der Waals surface area (Å²) in [5.41, 5.74) is 7.55. The van der Waals surface area contributed by atoms with Crippen molar-refractivity contribution in [1.82, 2.24) is 4.57 Å². The number of nitrogens with two attached hydrogens (primary N) is 1. The van der Waals surface area contributed by atoms with Gasteiger partial charge in [-0.15, -0.1) is 0 Å². The zero-order valence-corrected chi connectivity index (χ0v) is 10.6. The van der Waals surface area contributed by atoms with Crippen LogP contribution < -0.4 is 5.73 Å². The monoisotopic (exact) mass is 252 g/mol. The number of benzene rings is 1. The summed E-state index contributed by atoms with van der Waals surface area (Å²) < 4.78 is 24.8. The maximum atomic E-state index is 11.5. The van der Waals surface area contributed by atoms with Crippen LogP contribution in [0.3, 0.4) is 0 Å². The number of hydrogen-bond acceptors (Lipinski definition) is 3. The van der Waals surface area contributed by atoms with Gasteiger partial charge < -0.3 is 10.3 Å². The van der Waals surface area contributed by atoms with Crippen molar-refractivity contribution in [3.05, 3.63) is 30.5 Å². The van der Waals surface area contributed by atoms with E-state index in [-0.39, 0.29) is 11.5 Å². The van der Waals surface area contributed by atoms with Crippen molar-refractivity contribution in [3.8, 4) is 0 Å². The zero-order valence-electron chi connectivity index (χ0n) is 9.76. The lowest BCUT2D eigenvalue weighted by Gasteiger charge is -2.06. The summed E-state index contributed by atoms with van der Waals surface area (Å²) in [6, 6.07) is 7.59. The first-order valence-corrected chi connectivity index (χ1v) is 7.39. The Bertz CT molecular complexity index is 629. The lowest BCUT2D eigenvalue weighted by Crippen LogP contribution is -2.14. The van der Waals surface area contributed by atoms with Crippen LogP contribution in [0.25, 0.3) is 10.9 Å². The minimum Gasteiger partial charge on any atom is -0.398 e. The summed E-state index contributed by atoms with van der Waals surface area (Å²) in [6.07, 6.45) is 1.88. The predicted molar refractivity (Wildman–Crippen MR) is 70.7 cm³/mol. The fourth-order valence-electron chi connectivity index (χ4n) is 1.82. The zero-order chi connectivity index (χ0) is 12.5. The SMILES string of the molecule is CCS(=O)(=O)CCn1ccc2c(N)cccc21. The molecule has 2 N–H and O–H groups in total. The smallest absolute Gasteiger partial charge is 0.151 e. The van der Waals surface area contributed by atoms with Gasteiger partial charge in [-0.05, 0) is 18.2 Å². The van der Waals surface area contributed by atoms with Crippen molar-refractivity contribution in [2.75, 3.05) is 17.2 Å². The third-order valence-electron chi connectivity index (χ3n) is 2.93. The van der Waals surface area contributed by atoms with Gasteiger partial charge in [0.25, 0.3) is 0 Å². The van der Waals surface area contributed by atoms with E-state index in [0.717, 1.165) is 16.6 Å². The van der Waals surface area contributed by atoms with E-state index >= 15 is 0 Å². The molecule has 0 spiro atoms. The lowest BCUT2D eigenvalue weighted by atomic mass is 10.2. The van der Waals surface area contributed by atoms with Gasteiger partial charge in [-0.3, -0.25) is 0 Å². The molecule has 0 radical (unpaired) electrons. The minimum atomic E-state index is -2.93. The number of nitrogens with zero attached hydrogens (tertiary/aromatic N) is 1. The third kappa shape index (κ3) is 2.44. The normalized spacial score (nSPS) is 12.1. The van der Waals surface area contributed by atoms with Gasteiger partial charge >= 0.3 is 0 Å². The van der Waals surface area contributed by atoms with Crippen molar-refractivity contribution >= 4 is 26.4 Å². The number of anilines is 1. The molecule has 1 aromatic heterocycles. The van der Waals surface area contributed by atoms with Crippen LogP contribution in [0.5, 0.6) is 0 Å². The average molecular weight is 252 g/mol. The summed E-state index contributed by atoms with van der Waals surface area (Å²) in [5.74, 6) is 0.358. The first-order chi connectivity index (χ1) is 8.03. The molecule has 2 aromatic rings. The molecule has 0 aliphatic heterocycles. The second-order valence-corrected chi connectivity index (χ2v) is 6.50. The largest absolute Gasteiger partial charge is 0.398 e. The number of aromatic nitrogens is 1. The Hall–Kier alpha value is -1.49. The van der Waals surface area contributed by atoms with E-state index in [1.165, 1.54) is 0 Å². The summed E-state index contributed by atoms with van der Waals surface area (Å²) >= 11 is 0. The molecule has 0 saturated heterocycles. The molecule has 0 amide bonds. The van der Waals surface area contributed by atoms with E-state index in [1.807, 2.05) is 35.0 Å². The minimum absolute atomic E-state index is 0.169. The fraction of sp³-hybridized carbons (Fsp3) is 0.333. The maximum absolute atomic E-state index is 11.5. The topological polar surface area (TPSA) is 65.1 Å². The van der Waals surface area contributed by atoms with Gasteiger partial charge in [0.1, 0.15) is 0 Å². The highest BCUT2D eigenvalue weighted by atomic mass is 32.2. The average Bonchev–Trinajstić information content (AvgIpc) is 2.71. The lowest BCUT2D eigenvalue weighted by molar-refractivity contribution is 0.591. The van der Waals surface area contributed by atoms with E-state index in [2.05, 4.69) is 0 Å². The highest BCUT2D eigenvalue weighted by Crippen LogP contribution is 2.21. The molecular formula is C12H16N2O2S. The molecule has 4 nitrogen and oxygen atoms in total. The van der Waals surface area contributed by atoms with Gasteiger partial charge in [-0.2, -0.15) is 0 Å². The summed E-state index contributed by atoms with van der Waals surface area (Å²) in [6.45, 7) is 2.14. The Balaban J connectivity index is 2.29. The molecule has 92 valence electrons. The molecule has 0 aliphatic rings.